The highest BCUT2D eigenvalue weighted by Gasteiger charge is 2.34. The van der Waals surface area contributed by atoms with E-state index >= 15 is 0 Å². The van der Waals surface area contributed by atoms with Crippen LogP contribution in [0.15, 0.2) is 71.6 Å². The molecule has 1 aliphatic rings. The van der Waals surface area contributed by atoms with Crippen LogP contribution in [-0.4, -0.2) is 27.8 Å². The van der Waals surface area contributed by atoms with Crippen molar-refractivity contribution >= 4 is 57.8 Å². The van der Waals surface area contributed by atoms with Gasteiger partial charge < -0.3 is 9.47 Å². The molecule has 1 N–H and O–H groups in total. The SMILES string of the molecule is CCOc1cc(/C=C2\SC(=S)N(NC(=O)c3ccccc3Cl)C2=O)ccc1OCc1ccccc1C. The molecule has 3 aromatic carbocycles. The quantitative estimate of drug-likeness (QED) is 0.273. The summed E-state index contributed by atoms with van der Waals surface area (Å²) in [4.78, 5) is 26.0. The highest BCUT2D eigenvalue weighted by atomic mass is 35.5. The van der Waals surface area contributed by atoms with E-state index in [0.717, 1.165) is 33.5 Å². The lowest BCUT2D eigenvalue weighted by Crippen LogP contribution is -2.44. The molecule has 4 rings (SSSR count). The Labute approximate surface area is 224 Å². The number of thioether (sulfide) groups is 1. The number of hydrogen-bond donors (Lipinski definition) is 1. The molecular formula is C27H23ClN2O4S2. The summed E-state index contributed by atoms with van der Waals surface area (Å²) in [5.74, 6) is 0.231. The topological polar surface area (TPSA) is 67.9 Å². The first kappa shape index (κ1) is 25.8. The van der Waals surface area contributed by atoms with Gasteiger partial charge in [0.2, 0.25) is 0 Å². The van der Waals surface area contributed by atoms with Crippen molar-refractivity contribution in [2.24, 2.45) is 0 Å². The normalized spacial score (nSPS) is 14.3. The van der Waals surface area contributed by atoms with Gasteiger partial charge in [-0.25, -0.2) is 0 Å². The van der Waals surface area contributed by atoms with Gasteiger partial charge in [0.05, 0.1) is 22.1 Å². The third kappa shape index (κ3) is 5.90. The summed E-state index contributed by atoms with van der Waals surface area (Å²) < 4.78 is 12.0. The third-order valence-corrected chi connectivity index (χ3v) is 6.97. The zero-order valence-corrected chi connectivity index (χ0v) is 22.0. The fourth-order valence-corrected chi connectivity index (χ4v) is 4.85. The van der Waals surface area contributed by atoms with E-state index in [1.165, 1.54) is 0 Å². The van der Waals surface area contributed by atoms with Gasteiger partial charge in [-0.2, -0.15) is 5.01 Å². The average molecular weight is 539 g/mol. The van der Waals surface area contributed by atoms with Crippen LogP contribution in [-0.2, 0) is 11.4 Å². The summed E-state index contributed by atoms with van der Waals surface area (Å²) in [5, 5.41) is 1.34. The number of amides is 2. The van der Waals surface area contributed by atoms with E-state index in [1.807, 2.05) is 56.3 Å². The molecule has 2 amide bonds. The van der Waals surface area contributed by atoms with Crippen LogP contribution in [0.25, 0.3) is 6.08 Å². The van der Waals surface area contributed by atoms with E-state index < -0.39 is 11.8 Å². The van der Waals surface area contributed by atoms with Gasteiger partial charge in [-0.3, -0.25) is 15.0 Å². The van der Waals surface area contributed by atoms with Gasteiger partial charge >= 0.3 is 0 Å². The molecule has 184 valence electrons. The predicted molar refractivity (Wildman–Crippen MR) is 147 cm³/mol. The number of hydrazine groups is 1. The molecule has 0 spiro atoms. The molecule has 0 atom stereocenters. The minimum absolute atomic E-state index is 0.217. The number of carbonyl (C=O) groups is 2. The Hall–Kier alpha value is -3.33. The summed E-state index contributed by atoms with van der Waals surface area (Å²) in [7, 11) is 0. The van der Waals surface area contributed by atoms with Crippen LogP contribution in [0.5, 0.6) is 11.5 Å². The van der Waals surface area contributed by atoms with Crippen molar-refractivity contribution in [1.29, 1.82) is 0 Å². The lowest BCUT2D eigenvalue weighted by molar-refractivity contribution is -0.123. The van der Waals surface area contributed by atoms with Gasteiger partial charge in [-0.05, 0) is 73.1 Å². The van der Waals surface area contributed by atoms with Crippen molar-refractivity contribution in [2.75, 3.05) is 6.61 Å². The Kier molecular flexibility index (Phi) is 8.30. The molecule has 0 bridgehead atoms. The van der Waals surface area contributed by atoms with Crippen molar-refractivity contribution in [1.82, 2.24) is 10.4 Å². The van der Waals surface area contributed by atoms with E-state index in [-0.39, 0.29) is 14.9 Å². The number of carbonyl (C=O) groups excluding carboxylic acids is 2. The minimum atomic E-state index is -0.521. The number of ether oxygens (including phenoxy) is 2. The van der Waals surface area contributed by atoms with Gasteiger partial charge in [0, 0.05) is 0 Å². The van der Waals surface area contributed by atoms with Crippen LogP contribution in [0.3, 0.4) is 0 Å². The second-order valence-electron chi connectivity index (χ2n) is 7.79. The van der Waals surface area contributed by atoms with E-state index in [4.69, 9.17) is 33.3 Å². The summed E-state index contributed by atoms with van der Waals surface area (Å²) in [5.41, 5.74) is 5.77. The summed E-state index contributed by atoms with van der Waals surface area (Å²) in [6.07, 6.45) is 1.70. The smallest absolute Gasteiger partial charge is 0.285 e. The molecule has 1 heterocycles. The Morgan fingerprint density at radius 3 is 2.58 bits per heavy atom. The first-order chi connectivity index (χ1) is 17.4. The molecule has 6 nitrogen and oxygen atoms in total. The van der Waals surface area contributed by atoms with Crippen LogP contribution in [0.4, 0.5) is 0 Å². The van der Waals surface area contributed by atoms with Crippen molar-refractivity contribution in [3.8, 4) is 11.5 Å². The summed E-state index contributed by atoms with van der Waals surface area (Å²) in [6.45, 7) is 4.80. The molecule has 0 unspecified atom stereocenters. The predicted octanol–water partition coefficient (Wildman–Crippen LogP) is 6.17. The van der Waals surface area contributed by atoms with E-state index in [9.17, 15) is 9.59 Å². The van der Waals surface area contributed by atoms with Gasteiger partial charge in [-0.1, -0.05) is 65.8 Å². The molecule has 1 fully saturated rings. The fraction of sp³-hybridized carbons (Fsp3) is 0.148. The number of hydrogen-bond acceptors (Lipinski definition) is 6. The molecule has 0 aromatic heterocycles. The van der Waals surface area contributed by atoms with Crippen molar-refractivity contribution in [2.45, 2.75) is 20.5 Å². The maximum atomic E-state index is 13.0. The molecule has 0 radical (unpaired) electrons. The zero-order chi connectivity index (χ0) is 25.7. The zero-order valence-electron chi connectivity index (χ0n) is 19.6. The van der Waals surface area contributed by atoms with E-state index in [1.54, 1.807) is 30.3 Å². The number of aryl methyl sites for hydroxylation is 1. The van der Waals surface area contributed by atoms with Crippen molar-refractivity contribution < 1.29 is 19.1 Å². The van der Waals surface area contributed by atoms with Gasteiger partial charge in [0.1, 0.15) is 6.61 Å². The lowest BCUT2D eigenvalue weighted by Gasteiger charge is -2.16. The van der Waals surface area contributed by atoms with Crippen LogP contribution < -0.4 is 14.9 Å². The third-order valence-electron chi connectivity index (χ3n) is 5.34. The number of benzene rings is 3. The van der Waals surface area contributed by atoms with Gasteiger partial charge in [0.25, 0.3) is 11.8 Å². The Balaban J connectivity index is 1.50. The summed E-state index contributed by atoms with van der Waals surface area (Å²) in [6, 6.07) is 20.1. The Bertz CT molecular complexity index is 1360. The highest BCUT2D eigenvalue weighted by Crippen LogP contribution is 2.35. The maximum absolute atomic E-state index is 13.0. The number of nitrogens with zero attached hydrogens (tertiary/aromatic N) is 1. The molecule has 9 heteroatoms. The Morgan fingerprint density at radius 1 is 1.08 bits per heavy atom. The van der Waals surface area contributed by atoms with Crippen LogP contribution in [0, 0.1) is 6.92 Å². The first-order valence-corrected chi connectivity index (χ1v) is 12.7. The second kappa shape index (κ2) is 11.6. The molecule has 1 aliphatic heterocycles. The van der Waals surface area contributed by atoms with Gasteiger partial charge in [0.15, 0.2) is 15.8 Å². The van der Waals surface area contributed by atoms with Gasteiger partial charge in [-0.15, -0.1) is 0 Å². The maximum Gasteiger partial charge on any atom is 0.285 e. The van der Waals surface area contributed by atoms with Crippen LogP contribution >= 0.6 is 35.6 Å². The number of rotatable bonds is 8. The highest BCUT2D eigenvalue weighted by molar-refractivity contribution is 8.26. The largest absolute Gasteiger partial charge is 0.490 e. The molecular weight excluding hydrogens is 516 g/mol. The number of nitrogens with one attached hydrogen (secondary N) is 1. The van der Waals surface area contributed by atoms with E-state index in [0.29, 0.717) is 29.6 Å². The first-order valence-electron chi connectivity index (χ1n) is 11.1. The van der Waals surface area contributed by atoms with Crippen molar-refractivity contribution in [3.05, 3.63) is 98.9 Å². The van der Waals surface area contributed by atoms with Crippen molar-refractivity contribution in [3.63, 3.8) is 0 Å². The molecule has 0 saturated carbocycles. The molecule has 36 heavy (non-hydrogen) atoms. The minimum Gasteiger partial charge on any atom is -0.490 e. The average Bonchev–Trinajstić information content (AvgIpc) is 3.12. The standard InChI is InChI=1S/C27H23ClN2O4S2/c1-3-33-23-14-18(12-13-22(23)34-16-19-9-5-4-8-17(19)2)15-24-26(32)30(27(35)36-24)29-25(31)20-10-6-7-11-21(20)28/h4-15H,3,16H2,1-2H3,(H,29,31)/b24-15-. The Morgan fingerprint density at radius 2 is 1.83 bits per heavy atom. The number of thiocarbonyl (C=S) groups is 1. The molecule has 0 aliphatic carbocycles. The number of halogens is 1. The monoisotopic (exact) mass is 538 g/mol. The fourth-order valence-electron chi connectivity index (χ4n) is 3.45. The second-order valence-corrected chi connectivity index (χ2v) is 9.88. The lowest BCUT2D eigenvalue weighted by atomic mass is 10.1. The van der Waals surface area contributed by atoms with E-state index in [2.05, 4.69) is 5.43 Å². The molecule has 1 saturated heterocycles. The molecule has 3 aromatic rings. The summed E-state index contributed by atoms with van der Waals surface area (Å²) >= 11 is 12.5. The van der Waals surface area contributed by atoms with Crippen LogP contribution in [0.2, 0.25) is 5.02 Å². The van der Waals surface area contributed by atoms with Crippen LogP contribution in [0.1, 0.15) is 34.0 Å².